The molecule has 3 heterocycles. The van der Waals surface area contributed by atoms with Crippen LogP contribution in [0.2, 0.25) is 0 Å². The summed E-state index contributed by atoms with van der Waals surface area (Å²) in [4.78, 5) is 34.6. The summed E-state index contributed by atoms with van der Waals surface area (Å²) in [5, 5.41) is 3.38. The predicted molar refractivity (Wildman–Crippen MR) is 89.0 cm³/mol. The van der Waals surface area contributed by atoms with E-state index in [-0.39, 0.29) is 5.56 Å². The summed E-state index contributed by atoms with van der Waals surface area (Å²) in [6.07, 6.45) is 7.11. The number of rotatable bonds is 4. The van der Waals surface area contributed by atoms with Crippen LogP contribution in [0.5, 0.6) is 0 Å². The molecule has 0 atom stereocenters. The van der Waals surface area contributed by atoms with Gasteiger partial charge in [0.2, 0.25) is 0 Å². The number of imidazole rings is 1. The molecule has 0 saturated carbocycles. The zero-order valence-electron chi connectivity index (χ0n) is 13.3. The van der Waals surface area contributed by atoms with E-state index in [1.807, 2.05) is 0 Å². The normalized spacial score (nSPS) is 15.4. The first kappa shape index (κ1) is 15.5. The van der Waals surface area contributed by atoms with Crippen LogP contribution < -0.4 is 16.6 Å². The van der Waals surface area contributed by atoms with Crippen molar-refractivity contribution in [1.82, 2.24) is 24.4 Å². The lowest BCUT2D eigenvalue weighted by Crippen LogP contribution is -2.29. The summed E-state index contributed by atoms with van der Waals surface area (Å²) < 4.78 is 3.15. The summed E-state index contributed by atoms with van der Waals surface area (Å²) in [5.41, 5.74) is 0.0289. The zero-order chi connectivity index (χ0) is 16.2. The maximum atomic E-state index is 12.0. The van der Waals surface area contributed by atoms with Crippen LogP contribution in [0.1, 0.15) is 32.1 Å². The van der Waals surface area contributed by atoms with Crippen molar-refractivity contribution in [1.29, 1.82) is 0 Å². The third-order valence-corrected chi connectivity index (χ3v) is 4.16. The number of amidine groups is 1. The van der Waals surface area contributed by atoms with Gasteiger partial charge in [-0.2, -0.15) is 0 Å². The molecule has 0 fully saturated rings. The Morgan fingerprint density at radius 1 is 1.30 bits per heavy atom. The number of fused-ring (bicyclic) bond motifs is 1. The largest absolute Gasteiger partial charge is 0.374 e. The Bertz CT molecular complexity index is 829. The van der Waals surface area contributed by atoms with Crippen molar-refractivity contribution < 1.29 is 0 Å². The number of hydrogen-bond donors (Lipinski definition) is 2. The van der Waals surface area contributed by atoms with Crippen molar-refractivity contribution in [2.24, 2.45) is 12.0 Å². The second-order valence-electron chi connectivity index (χ2n) is 5.85. The number of aliphatic imine (C=N–C) groups is 1. The highest BCUT2D eigenvalue weighted by atomic mass is 16.2. The topological polar surface area (TPSA) is 97.1 Å². The molecule has 1 aliphatic heterocycles. The molecule has 2 aromatic heterocycles. The minimum absolute atomic E-state index is 0.387. The van der Waals surface area contributed by atoms with Crippen molar-refractivity contribution in [3.05, 3.63) is 27.2 Å². The first-order valence-corrected chi connectivity index (χ1v) is 8.08. The number of nitrogens with zero attached hydrogens (tertiary/aromatic N) is 4. The van der Waals surface area contributed by atoms with Gasteiger partial charge in [0.15, 0.2) is 11.2 Å². The number of nitrogens with one attached hydrogen (secondary N) is 2. The van der Waals surface area contributed by atoms with Crippen LogP contribution in [-0.4, -0.2) is 38.0 Å². The standard InChI is InChI=1S/C15H22N6O2/c1-20-13-12(14(22)19-15(20)23)21(10-18-13)9-5-8-17-11-6-3-2-4-7-16-11/h10H,2-9H2,1H3,(H,16,17)(H,19,22,23). The van der Waals surface area contributed by atoms with Crippen molar-refractivity contribution >= 4 is 17.0 Å². The SMILES string of the molecule is Cn1c(=O)[nH]c(=O)c2c1ncn2CCCNC1=NCCCCC1. The summed E-state index contributed by atoms with van der Waals surface area (Å²) in [5.74, 6) is 1.10. The van der Waals surface area contributed by atoms with Crippen molar-refractivity contribution in [3.63, 3.8) is 0 Å². The van der Waals surface area contributed by atoms with Gasteiger partial charge in [0.25, 0.3) is 5.56 Å². The monoisotopic (exact) mass is 318 g/mol. The van der Waals surface area contributed by atoms with Crippen molar-refractivity contribution in [3.8, 4) is 0 Å². The number of H-pyrrole nitrogens is 1. The smallest absolute Gasteiger partial charge is 0.329 e. The lowest BCUT2D eigenvalue weighted by molar-refractivity contribution is 0.638. The summed E-state index contributed by atoms with van der Waals surface area (Å²) in [6, 6.07) is 0. The highest BCUT2D eigenvalue weighted by Crippen LogP contribution is 2.07. The van der Waals surface area contributed by atoms with Gasteiger partial charge in [-0.1, -0.05) is 6.42 Å². The number of hydrogen-bond acceptors (Lipinski definition) is 5. The van der Waals surface area contributed by atoms with Crippen LogP contribution in [0.3, 0.4) is 0 Å². The molecule has 23 heavy (non-hydrogen) atoms. The van der Waals surface area contributed by atoms with Gasteiger partial charge < -0.3 is 9.88 Å². The van der Waals surface area contributed by atoms with Gasteiger partial charge in [-0.25, -0.2) is 9.78 Å². The Balaban J connectivity index is 1.64. The molecular weight excluding hydrogens is 296 g/mol. The predicted octanol–water partition coefficient (Wildman–Crippen LogP) is 0.375. The maximum absolute atomic E-state index is 12.0. The highest BCUT2D eigenvalue weighted by molar-refractivity contribution is 5.82. The van der Waals surface area contributed by atoms with Crippen LogP contribution in [0.15, 0.2) is 20.9 Å². The molecule has 8 heteroatoms. The van der Waals surface area contributed by atoms with E-state index in [1.54, 1.807) is 17.9 Å². The maximum Gasteiger partial charge on any atom is 0.329 e. The summed E-state index contributed by atoms with van der Waals surface area (Å²) in [6.45, 7) is 2.39. The van der Waals surface area contributed by atoms with Crippen LogP contribution in [-0.2, 0) is 13.6 Å². The van der Waals surface area contributed by atoms with Gasteiger partial charge in [0.05, 0.1) is 12.2 Å². The van der Waals surface area contributed by atoms with E-state index < -0.39 is 5.69 Å². The molecule has 0 radical (unpaired) electrons. The highest BCUT2D eigenvalue weighted by Gasteiger charge is 2.11. The quantitative estimate of drug-likeness (QED) is 0.796. The van der Waals surface area contributed by atoms with Crippen molar-refractivity contribution in [2.75, 3.05) is 13.1 Å². The fraction of sp³-hybridized carbons (Fsp3) is 0.600. The van der Waals surface area contributed by atoms with E-state index in [9.17, 15) is 9.59 Å². The van der Waals surface area contributed by atoms with E-state index >= 15 is 0 Å². The lowest BCUT2D eigenvalue weighted by atomic mass is 10.2. The fourth-order valence-corrected chi connectivity index (χ4v) is 2.86. The Morgan fingerprint density at radius 3 is 3.04 bits per heavy atom. The first-order chi connectivity index (χ1) is 11.2. The lowest BCUT2D eigenvalue weighted by Gasteiger charge is -2.09. The molecule has 124 valence electrons. The van der Waals surface area contributed by atoms with Gasteiger partial charge in [0.1, 0.15) is 0 Å². The Morgan fingerprint density at radius 2 is 2.17 bits per heavy atom. The van der Waals surface area contributed by atoms with Crippen LogP contribution in [0.25, 0.3) is 11.2 Å². The summed E-state index contributed by atoms with van der Waals surface area (Å²) >= 11 is 0. The zero-order valence-corrected chi connectivity index (χ0v) is 13.3. The molecule has 0 aliphatic carbocycles. The molecule has 0 bridgehead atoms. The van der Waals surface area contributed by atoms with E-state index in [0.29, 0.717) is 17.7 Å². The van der Waals surface area contributed by atoms with E-state index in [1.165, 1.54) is 23.8 Å². The molecule has 2 aromatic rings. The Labute approximate surface area is 133 Å². The third-order valence-electron chi connectivity index (χ3n) is 4.16. The minimum atomic E-state index is -0.444. The van der Waals surface area contributed by atoms with Gasteiger partial charge in [-0.05, 0) is 19.3 Å². The second-order valence-corrected chi connectivity index (χ2v) is 5.85. The molecule has 2 N–H and O–H groups in total. The fourth-order valence-electron chi connectivity index (χ4n) is 2.86. The van der Waals surface area contributed by atoms with Gasteiger partial charge in [-0.3, -0.25) is 19.3 Å². The molecule has 0 saturated heterocycles. The minimum Gasteiger partial charge on any atom is -0.374 e. The van der Waals surface area contributed by atoms with Gasteiger partial charge in [-0.15, -0.1) is 0 Å². The van der Waals surface area contributed by atoms with Crippen LogP contribution >= 0.6 is 0 Å². The molecule has 0 spiro atoms. The molecule has 8 nitrogen and oxygen atoms in total. The molecular formula is C15H22N6O2. The summed E-state index contributed by atoms with van der Waals surface area (Å²) in [7, 11) is 1.60. The Hall–Kier alpha value is -2.38. The first-order valence-electron chi connectivity index (χ1n) is 8.08. The Kier molecular flexibility index (Phi) is 4.59. The van der Waals surface area contributed by atoms with Gasteiger partial charge in [0, 0.05) is 33.1 Å². The molecule has 0 unspecified atom stereocenters. The average molecular weight is 318 g/mol. The second kappa shape index (κ2) is 6.80. The average Bonchev–Trinajstić information content (AvgIpc) is 2.78. The molecule has 0 amide bonds. The van der Waals surface area contributed by atoms with Crippen LogP contribution in [0, 0.1) is 0 Å². The van der Waals surface area contributed by atoms with Crippen LogP contribution in [0.4, 0.5) is 0 Å². The van der Waals surface area contributed by atoms with Crippen molar-refractivity contribution in [2.45, 2.75) is 38.6 Å². The van der Waals surface area contributed by atoms with E-state index in [4.69, 9.17) is 0 Å². The molecule has 0 aromatic carbocycles. The third kappa shape index (κ3) is 3.35. The number of aromatic amines is 1. The molecule has 1 aliphatic rings. The van der Waals surface area contributed by atoms with Gasteiger partial charge >= 0.3 is 5.69 Å². The van der Waals surface area contributed by atoms with E-state index in [0.717, 1.165) is 31.8 Å². The molecule has 3 rings (SSSR count). The van der Waals surface area contributed by atoms with E-state index in [2.05, 4.69) is 20.3 Å². The number of aromatic nitrogens is 4. The number of aryl methyl sites for hydroxylation is 2.